The molecule has 84 valence electrons. The minimum atomic E-state index is -0.182. The molecule has 0 amide bonds. The molecule has 5 heteroatoms. The molecule has 1 unspecified atom stereocenters. The highest BCUT2D eigenvalue weighted by Crippen LogP contribution is 2.25. The summed E-state index contributed by atoms with van der Waals surface area (Å²) in [5, 5.41) is 0. The fourth-order valence-corrected chi connectivity index (χ4v) is 1.16. The van der Waals surface area contributed by atoms with Crippen LogP contribution in [0.3, 0.4) is 0 Å². The van der Waals surface area contributed by atoms with Gasteiger partial charge in [-0.1, -0.05) is 13.8 Å². The van der Waals surface area contributed by atoms with E-state index in [9.17, 15) is 0 Å². The van der Waals surface area contributed by atoms with Gasteiger partial charge in [-0.25, -0.2) is 4.98 Å². The fraction of sp³-hybridized carbons (Fsp3) is 0.600. The molecule has 0 bridgehead atoms. The van der Waals surface area contributed by atoms with Gasteiger partial charge < -0.3 is 15.2 Å². The predicted molar refractivity (Wildman–Crippen MR) is 56.9 cm³/mol. The summed E-state index contributed by atoms with van der Waals surface area (Å²) >= 11 is 0. The molecule has 0 saturated heterocycles. The maximum Gasteiger partial charge on any atom is 0.240 e. The van der Waals surface area contributed by atoms with Gasteiger partial charge in [-0.3, -0.25) is 0 Å². The van der Waals surface area contributed by atoms with E-state index in [1.807, 2.05) is 13.8 Å². The topological polar surface area (TPSA) is 70.3 Å². The van der Waals surface area contributed by atoms with Gasteiger partial charge in [0.25, 0.3) is 0 Å². The summed E-state index contributed by atoms with van der Waals surface area (Å²) < 4.78 is 10.1. The number of rotatable bonds is 4. The van der Waals surface area contributed by atoms with Gasteiger partial charge in [0.1, 0.15) is 5.69 Å². The molecule has 1 heterocycles. The Morgan fingerprint density at radius 3 is 2.40 bits per heavy atom. The van der Waals surface area contributed by atoms with Gasteiger partial charge in [0.2, 0.25) is 11.8 Å². The quantitative estimate of drug-likeness (QED) is 0.809. The Morgan fingerprint density at radius 1 is 1.27 bits per heavy atom. The fourth-order valence-electron chi connectivity index (χ4n) is 1.16. The second kappa shape index (κ2) is 4.93. The van der Waals surface area contributed by atoms with E-state index in [4.69, 9.17) is 15.2 Å². The van der Waals surface area contributed by atoms with E-state index in [0.717, 1.165) is 0 Å². The number of nitrogens with two attached hydrogens (primary N) is 1. The normalized spacial score (nSPS) is 12.7. The largest absolute Gasteiger partial charge is 0.480 e. The Labute approximate surface area is 89.6 Å². The van der Waals surface area contributed by atoms with Crippen molar-refractivity contribution < 1.29 is 9.47 Å². The van der Waals surface area contributed by atoms with E-state index in [-0.39, 0.29) is 12.0 Å². The van der Waals surface area contributed by atoms with Crippen LogP contribution in [0.2, 0.25) is 0 Å². The van der Waals surface area contributed by atoms with Crippen LogP contribution in [0, 0.1) is 5.92 Å². The average Bonchev–Trinajstić information content (AvgIpc) is 2.27. The Kier molecular flexibility index (Phi) is 3.85. The molecule has 1 atom stereocenters. The lowest BCUT2D eigenvalue weighted by atomic mass is 10.0. The van der Waals surface area contributed by atoms with Gasteiger partial charge in [0.15, 0.2) is 0 Å². The van der Waals surface area contributed by atoms with Gasteiger partial charge >= 0.3 is 0 Å². The summed E-state index contributed by atoms with van der Waals surface area (Å²) in [6.07, 6.45) is 1.54. The average molecular weight is 211 g/mol. The molecule has 0 aliphatic rings. The third kappa shape index (κ3) is 2.56. The summed E-state index contributed by atoms with van der Waals surface area (Å²) in [7, 11) is 3.07. The van der Waals surface area contributed by atoms with Gasteiger partial charge in [-0.05, 0) is 5.92 Å². The first-order chi connectivity index (χ1) is 7.10. The van der Waals surface area contributed by atoms with E-state index in [2.05, 4.69) is 9.97 Å². The Morgan fingerprint density at radius 2 is 1.93 bits per heavy atom. The zero-order chi connectivity index (χ0) is 11.4. The zero-order valence-corrected chi connectivity index (χ0v) is 9.52. The van der Waals surface area contributed by atoms with Gasteiger partial charge in [0, 0.05) is 0 Å². The van der Waals surface area contributed by atoms with Crippen LogP contribution in [-0.4, -0.2) is 24.2 Å². The van der Waals surface area contributed by atoms with Crippen LogP contribution >= 0.6 is 0 Å². The molecule has 0 radical (unpaired) electrons. The SMILES string of the molecule is COc1cnc(C(N)C(C)C)c(OC)n1. The summed E-state index contributed by atoms with van der Waals surface area (Å²) in [4.78, 5) is 8.33. The van der Waals surface area contributed by atoms with Crippen LogP contribution in [-0.2, 0) is 0 Å². The first-order valence-corrected chi connectivity index (χ1v) is 4.80. The summed E-state index contributed by atoms with van der Waals surface area (Å²) in [6, 6.07) is -0.182. The molecule has 0 fully saturated rings. The molecule has 1 aromatic rings. The van der Waals surface area contributed by atoms with Crippen molar-refractivity contribution in [1.29, 1.82) is 0 Å². The molecule has 2 N–H and O–H groups in total. The lowest BCUT2D eigenvalue weighted by molar-refractivity contribution is 0.347. The molecule has 0 spiro atoms. The van der Waals surface area contributed by atoms with E-state index in [1.165, 1.54) is 7.11 Å². The lowest BCUT2D eigenvalue weighted by Gasteiger charge is -2.17. The van der Waals surface area contributed by atoms with Crippen molar-refractivity contribution in [3.63, 3.8) is 0 Å². The first-order valence-electron chi connectivity index (χ1n) is 4.80. The number of nitrogens with zero attached hydrogens (tertiary/aromatic N) is 2. The molecule has 1 aromatic heterocycles. The molecule has 5 nitrogen and oxygen atoms in total. The number of hydrogen-bond donors (Lipinski definition) is 1. The van der Waals surface area contributed by atoms with E-state index in [1.54, 1.807) is 13.3 Å². The summed E-state index contributed by atoms with van der Waals surface area (Å²) in [5.41, 5.74) is 6.64. The van der Waals surface area contributed by atoms with Crippen LogP contribution in [0.1, 0.15) is 25.6 Å². The highest BCUT2D eigenvalue weighted by Gasteiger charge is 2.18. The van der Waals surface area contributed by atoms with Crippen LogP contribution in [0.15, 0.2) is 6.20 Å². The minimum Gasteiger partial charge on any atom is -0.480 e. The third-order valence-electron chi connectivity index (χ3n) is 2.18. The van der Waals surface area contributed by atoms with Crippen molar-refractivity contribution in [2.24, 2.45) is 11.7 Å². The molecule has 15 heavy (non-hydrogen) atoms. The molecule has 0 aromatic carbocycles. The van der Waals surface area contributed by atoms with Crippen LogP contribution in [0.5, 0.6) is 11.8 Å². The molecule has 1 rings (SSSR count). The predicted octanol–water partition coefficient (Wildman–Crippen LogP) is 1.15. The number of aromatic nitrogens is 2. The molecule has 0 aliphatic heterocycles. The van der Waals surface area contributed by atoms with Crippen molar-refractivity contribution in [1.82, 2.24) is 9.97 Å². The molecular formula is C10H17N3O2. The second-order valence-electron chi connectivity index (χ2n) is 3.58. The van der Waals surface area contributed by atoms with Crippen LogP contribution < -0.4 is 15.2 Å². The highest BCUT2D eigenvalue weighted by atomic mass is 16.5. The van der Waals surface area contributed by atoms with Gasteiger partial charge in [0.05, 0.1) is 26.5 Å². The zero-order valence-electron chi connectivity index (χ0n) is 9.52. The van der Waals surface area contributed by atoms with Crippen molar-refractivity contribution in [3.05, 3.63) is 11.9 Å². The Bertz CT molecular complexity index is 328. The van der Waals surface area contributed by atoms with Gasteiger partial charge in [-0.2, -0.15) is 4.98 Å². The third-order valence-corrected chi connectivity index (χ3v) is 2.18. The van der Waals surface area contributed by atoms with Crippen LogP contribution in [0.4, 0.5) is 0 Å². The number of hydrogen-bond acceptors (Lipinski definition) is 5. The Balaban J connectivity index is 3.07. The number of ether oxygens (including phenoxy) is 2. The maximum absolute atomic E-state index is 5.98. The van der Waals surface area contributed by atoms with Crippen molar-refractivity contribution in [3.8, 4) is 11.8 Å². The second-order valence-corrected chi connectivity index (χ2v) is 3.58. The maximum atomic E-state index is 5.98. The smallest absolute Gasteiger partial charge is 0.240 e. The monoisotopic (exact) mass is 211 g/mol. The highest BCUT2D eigenvalue weighted by molar-refractivity contribution is 5.25. The van der Waals surface area contributed by atoms with Crippen molar-refractivity contribution in [2.45, 2.75) is 19.9 Å². The summed E-state index contributed by atoms with van der Waals surface area (Å²) in [5.74, 6) is 1.13. The molecule has 0 saturated carbocycles. The molecule has 0 aliphatic carbocycles. The standard InChI is InChI=1S/C10H17N3O2/c1-6(2)8(11)9-10(15-4)13-7(14-3)5-12-9/h5-6,8H,11H2,1-4H3. The van der Waals surface area contributed by atoms with Crippen molar-refractivity contribution in [2.75, 3.05) is 14.2 Å². The van der Waals surface area contributed by atoms with Crippen LogP contribution in [0.25, 0.3) is 0 Å². The van der Waals surface area contributed by atoms with E-state index < -0.39 is 0 Å². The Hall–Kier alpha value is -1.36. The van der Waals surface area contributed by atoms with Gasteiger partial charge in [-0.15, -0.1) is 0 Å². The molecular weight excluding hydrogens is 194 g/mol. The van der Waals surface area contributed by atoms with Crippen molar-refractivity contribution >= 4 is 0 Å². The van der Waals surface area contributed by atoms with E-state index >= 15 is 0 Å². The number of methoxy groups -OCH3 is 2. The summed E-state index contributed by atoms with van der Waals surface area (Å²) in [6.45, 7) is 4.05. The minimum absolute atomic E-state index is 0.182. The first kappa shape index (κ1) is 11.7. The lowest BCUT2D eigenvalue weighted by Crippen LogP contribution is -2.19. The van der Waals surface area contributed by atoms with E-state index in [0.29, 0.717) is 17.5 Å².